The lowest BCUT2D eigenvalue weighted by molar-refractivity contribution is 0.498. The second-order valence-corrected chi connectivity index (χ2v) is 6.81. The number of halogens is 2. The topological polar surface area (TPSA) is 39.2 Å². The highest BCUT2D eigenvalue weighted by Crippen LogP contribution is 2.38. The largest absolute Gasteiger partial charge is 0.466 e. The first-order chi connectivity index (χ1) is 7.91. The monoisotopic (exact) mass is 333 g/mol. The van der Waals surface area contributed by atoms with E-state index in [-0.39, 0.29) is 6.04 Å². The van der Waals surface area contributed by atoms with Crippen LogP contribution in [0.1, 0.15) is 33.6 Å². The number of thiophene rings is 1. The third-order valence-corrected chi connectivity index (χ3v) is 5.46. The van der Waals surface area contributed by atoms with Crippen molar-refractivity contribution in [2.75, 3.05) is 0 Å². The third-order valence-electron chi connectivity index (χ3n) is 2.90. The molecule has 17 heavy (non-hydrogen) atoms. The summed E-state index contributed by atoms with van der Waals surface area (Å²) in [5.41, 5.74) is 8.47. The Labute approximate surface area is 118 Å². The number of aryl methyl sites for hydroxylation is 2. The van der Waals surface area contributed by atoms with Crippen molar-refractivity contribution < 1.29 is 4.42 Å². The smallest absolute Gasteiger partial charge is 0.106 e. The first-order valence-corrected chi connectivity index (χ1v) is 7.17. The average Bonchev–Trinajstić information content (AvgIpc) is 2.70. The van der Waals surface area contributed by atoms with Crippen LogP contribution < -0.4 is 5.73 Å². The Balaban J connectivity index is 2.46. The van der Waals surface area contributed by atoms with E-state index in [0.717, 1.165) is 31.3 Å². The van der Waals surface area contributed by atoms with Crippen LogP contribution in [0, 0.1) is 20.8 Å². The summed E-state index contributed by atoms with van der Waals surface area (Å²) in [6.45, 7) is 5.93. The molecule has 0 fully saturated rings. The standard InChI is InChI=1S/C12H13BrClNOS/c1-5-6(2)16-7(3)10(5)11(15)9-4-8(14)12(13)17-9/h4,11H,15H2,1-3H3. The molecule has 92 valence electrons. The highest BCUT2D eigenvalue weighted by molar-refractivity contribution is 9.11. The van der Waals surface area contributed by atoms with Crippen LogP contribution >= 0.6 is 38.9 Å². The van der Waals surface area contributed by atoms with E-state index < -0.39 is 0 Å². The van der Waals surface area contributed by atoms with E-state index >= 15 is 0 Å². The number of rotatable bonds is 2. The fraction of sp³-hybridized carbons (Fsp3) is 0.333. The Kier molecular flexibility index (Phi) is 3.69. The molecule has 0 bridgehead atoms. The van der Waals surface area contributed by atoms with Gasteiger partial charge in [-0.05, 0) is 48.3 Å². The van der Waals surface area contributed by atoms with Gasteiger partial charge < -0.3 is 10.2 Å². The molecule has 2 heterocycles. The molecular weight excluding hydrogens is 322 g/mol. The van der Waals surface area contributed by atoms with E-state index in [1.165, 1.54) is 0 Å². The lowest BCUT2D eigenvalue weighted by Gasteiger charge is -2.09. The molecule has 0 amide bonds. The first kappa shape index (κ1) is 13.1. The van der Waals surface area contributed by atoms with E-state index in [4.69, 9.17) is 21.8 Å². The zero-order chi connectivity index (χ0) is 12.7. The Bertz CT molecular complexity index is 542. The van der Waals surface area contributed by atoms with Gasteiger partial charge in [0.1, 0.15) is 11.5 Å². The maximum Gasteiger partial charge on any atom is 0.106 e. The molecule has 2 N–H and O–H groups in total. The summed E-state index contributed by atoms with van der Waals surface area (Å²) in [7, 11) is 0. The minimum absolute atomic E-state index is 0.179. The van der Waals surface area contributed by atoms with Crippen molar-refractivity contribution in [1.82, 2.24) is 0 Å². The molecule has 0 spiro atoms. The quantitative estimate of drug-likeness (QED) is 0.862. The van der Waals surface area contributed by atoms with Crippen LogP contribution in [0.5, 0.6) is 0 Å². The molecule has 0 saturated heterocycles. The molecule has 2 aromatic heterocycles. The van der Waals surface area contributed by atoms with Gasteiger partial charge in [0.05, 0.1) is 14.9 Å². The number of hydrogen-bond acceptors (Lipinski definition) is 3. The Morgan fingerprint density at radius 2 is 2.00 bits per heavy atom. The molecule has 0 aromatic carbocycles. The van der Waals surface area contributed by atoms with Gasteiger partial charge in [-0.1, -0.05) is 11.6 Å². The van der Waals surface area contributed by atoms with E-state index in [9.17, 15) is 0 Å². The normalized spacial score (nSPS) is 13.1. The van der Waals surface area contributed by atoms with Crippen molar-refractivity contribution in [2.24, 2.45) is 5.73 Å². The second kappa shape index (κ2) is 4.76. The molecule has 2 aromatic rings. The summed E-state index contributed by atoms with van der Waals surface area (Å²) < 4.78 is 6.52. The predicted octanol–water partition coefficient (Wildman–Crippen LogP) is 4.73. The van der Waals surface area contributed by atoms with Crippen LogP contribution in [0.2, 0.25) is 5.02 Å². The van der Waals surface area contributed by atoms with Crippen LogP contribution in [0.3, 0.4) is 0 Å². The van der Waals surface area contributed by atoms with E-state index in [0.29, 0.717) is 5.02 Å². The Morgan fingerprint density at radius 3 is 2.41 bits per heavy atom. The average molecular weight is 335 g/mol. The molecular formula is C12H13BrClNOS. The molecule has 1 unspecified atom stereocenters. The van der Waals surface area contributed by atoms with Crippen LogP contribution in [-0.4, -0.2) is 0 Å². The van der Waals surface area contributed by atoms with Gasteiger partial charge in [-0.2, -0.15) is 0 Å². The number of nitrogens with two attached hydrogens (primary N) is 1. The molecule has 0 aliphatic heterocycles. The van der Waals surface area contributed by atoms with Crippen molar-refractivity contribution >= 4 is 38.9 Å². The van der Waals surface area contributed by atoms with Crippen LogP contribution in [0.15, 0.2) is 14.3 Å². The summed E-state index contributed by atoms with van der Waals surface area (Å²) in [5, 5.41) is 0.705. The van der Waals surface area contributed by atoms with Gasteiger partial charge in [0.2, 0.25) is 0 Å². The molecule has 0 aliphatic rings. The summed E-state index contributed by atoms with van der Waals surface area (Å²) in [5.74, 6) is 1.81. The first-order valence-electron chi connectivity index (χ1n) is 5.18. The second-order valence-electron chi connectivity index (χ2n) is 4.00. The molecule has 2 nitrogen and oxygen atoms in total. The Hall–Kier alpha value is -0.290. The van der Waals surface area contributed by atoms with Gasteiger partial charge >= 0.3 is 0 Å². The summed E-state index contributed by atoms with van der Waals surface area (Å²) in [6.07, 6.45) is 0. The maximum atomic E-state index is 6.28. The molecule has 1 atom stereocenters. The zero-order valence-electron chi connectivity index (χ0n) is 9.80. The van der Waals surface area contributed by atoms with Crippen LogP contribution in [0.4, 0.5) is 0 Å². The molecule has 0 aliphatic carbocycles. The Morgan fingerprint density at radius 1 is 1.35 bits per heavy atom. The predicted molar refractivity (Wildman–Crippen MR) is 76.0 cm³/mol. The van der Waals surface area contributed by atoms with Gasteiger partial charge in [0, 0.05) is 10.4 Å². The van der Waals surface area contributed by atoms with Crippen molar-refractivity contribution in [2.45, 2.75) is 26.8 Å². The minimum Gasteiger partial charge on any atom is -0.466 e. The van der Waals surface area contributed by atoms with Gasteiger partial charge in [0.15, 0.2) is 0 Å². The SMILES string of the molecule is Cc1oc(C)c(C(N)c2cc(Cl)c(Br)s2)c1C. The number of furan rings is 1. The van der Waals surface area contributed by atoms with Crippen molar-refractivity contribution in [3.63, 3.8) is 0 Å². The fourth-order valence-corrected chi connectivity index (χ4v) is 3.68. The van der Waals surface area contributed by atoms with Crippen LogP contribution in [0.25, 0.3) is 0 Å². The van der Waals surface area contributed by atoms with Gasteiger partial charge in [0.25, 0.3) is 0 Å². The van der Waals surface area contributed by atoms with E-state index in [2.05, 4.69) is 15.9 Å². The number of hydrogen-bond donors (Lipinski definition) is 1. The zero-order valence-corrected chi connectivity index (χ0v) is 13.0. The summed E-state index contributed by atoms with van der Waals surface area (Å²) >= 11 is 11.0. The van der Waals surface area contributed by atoms with E-state index in [1.807, 2.05) is 26.8 Å². The van der Waals surface area contributed by atoms with Crippen LogP contribution in [-0.2, 0) is 0 Å². The summed E-state index contributed by atoms with van der Waals surface area (Å²) in [4.78, 5) is 1.04. The van der Waals surface area contributed by atoms with Gasteiger partial charge in [-0.25, -0.2) is 0 Å². The van der Waals surface area contributed by atoms with Gasteiger partial charge in [-0.3, -0.25) is 0 Å². The molecule has 0 saturated carbocycles. The minimum atomic E-state index is -0.179. The van der Waals surface area contributed by atoms with Crippen molar-refractivity contribution in [3.05, 3.63) is 42.4 Å². The third kappa shape index (κ3) is 2.32. The highest BCUT2D eigenvalue weighted by Gasteiger charge is 2.21. The molecule has 5 heteroatoms. The van der Waals surface area contributed by atoms with E-state index in [1.54, 1.807) is 11.3 Å². The lowest BCUT2D eigenvalue weighted by Crippen LogP contribution is -2.11. The highest BCUT2D eigenvalue weighted by atomic mass is 79.9. The van der Waals surface area contributed by atoms with Crippen molar-refractivity contribution in [1.29, 1.82) is 0 Å². The fourth-order valence-electron chi connectivity index (χ4n) is 1.93. The lowest BCUT2D eigenvalue weighted by atomic mass is 10.0. The molecule has 2 rings (SSSR count). The maximum absolute atomic E-state index is 6.28. The van der Waals surface area contributed by atoms with Gasteiger partial charge in [-0.15, -0.1) is 11.3 Å². The van der Waals surface area contributed by atoms with Crippen molar-refractivity contribution in [3.8, 4) is 0 Å². The molecule has 0 radical (unpaired) electrons. The summed E-state index contributed by atoms with van der Waals surface area (Å²) in [6, 6.07) is 1.73.